The molecule has 2 rings (SSSR count). The van der Waals surface area contributed by atoms with Crippen LogP contribution in [0.4, 0.5) is 0 Å². The molecule has 0 aliphatic rings. The van der Waals surface area contributed by atoms with Crippen LogP contribution in [0.3, 0.4) is 0 Å². The Labute approximate surface area is 225 Å². The minimum atomic E-state index is 0. The second-order valence-electron chi connectivity index (χ2n) is 7.41. The Morgan fingerprint density at radius 3 is 1.78 bits per heavy atom. The molecule has 202 valence electrons. The van der Waals surface area contributed by atoms with E-state index in [0.717, 1.165) is 36.9 Å². The van der Waals surface area contributed by atoms with E-state index in [1.807, 2.05) is 30.3 Å². The standard InChI is InChI=1S/C13H21N3O3.C11H15Cl2N3.CH4/c1-9(14)16-15-6-5-10-7-11(17-2)13(19-4)12(8-10)18-3;1-8(14)16-15-7-3-4-9-10(12)5-2-6-11(9)13;/h7-8,15H,5-6H2,1-4H3,(H2,14,16);2,5-6,15H,3-4,7H2,1H3,(H2,14,16);1H4. The van der Waals surface area contributed by atoms with Gasteiger partial charge < -0.3 is 36.5 Å². The Balaban J connectivity index is 0.000000671. The zero-order valence-corrected chi connectivity index (χ0v) is 22.5. The smallest absolute Gasteiger partial charge is 0.203 e. The number of hydrazone groups is 2. The molecule has 0 atom stereocenters. The predicted octanol–water partition coefficient (Wildman–Crippen LogP) is 4.58. The highest BCUT2D eigenvalue weighted by Crippen LogP contribution is 2.38. The lowest BCUT2D eigenvalue weighted by Crippen LogP contribution is -2.16. The molecule has 0 aliphatic carbocycles. The fraction of sp³-hybridized carbons (Fsp3) is 0.440. The first-order valence-corrected chi connectivity index (χ1v) is 11.8. The molecule has 9 nitrogen and oxygen atoms in total. The molecule has 0 aromatic heterocycles. The quantitative estimate of drug-likeness (QED) is 0.134. The number of hydrogen-bond donors (Lipinski definition) is 4. The normalized spacial score (nSPS) is 11.0. The maximum absolute atomic E-state index is 6.04. The number of rotatable bonds is 12. The van der Waals surface area contributed by atoms with Gasteiger partial charge in [-0.05, 0) is 68.5 Å². The number of methoxy groups -OCH3 is 3. The van der Waals surface area contributed by atoms with Gasteiger partial charge in [-0.1, -0.05) is 36.7 Å². The van der Waals surface area contributed by atoms with Crippen molar-refractivity contribution in [2.24, 2.45) is 21.7 Å². The van der Waals surface area contributed by atoms with Gasteiger partial charge in [-0.3, -0.25) is 0 Å². The first-order valence-electron chi connectivity index (χ1n) is 11.0. The molecule has 2 aromatic carbocycles. The monoisotopic (exact) mass is 542 g/mol. The molecule has 0 aliphatic heterocycles. The van der Waals surface area contributed by atoms with E-state index in [4.69, 9.17) is 48.9 Å². The van der Waals surface area contributed by atoms with Crippen molar-refractivity contribution in [1.82, 2.24) is 10.9 Å². The summed E-state index contributed by atoms with van der Waals surface area (Å²) in [6.45, 7) is 4.88. The Bertz CT molecular complexity index is 933. The molecule has 0 unspecified atom stereocenters. The van der Waals surface area contributed by atoms with Gasteiger partial charge in [0.25, 0.3) is 0 Å². The van der Waals surface area contributed by atoms with Crippen LogP contribution in [0.5, 0.6) is 17.2 Å². The Hall–Kier alpha value is -3.04. The summed E-state index contributed by atoms with van der Waals surface area (Å²) >= 11 is 12.1. The number of nitrogens with one attached hydrogen (secondary N) is 2. The van der Waals surface area contributed by atoms with Crippen LogP contribution in [0.1, 0.15) is 38.8 Å². The molecule has 0 saturated heterocycles. The van der Waals surface area contributed by atoms with Crippen LogP contribution in [0, 0.1) is 0 Å². The number of amidine groups is 2. The van der Waals surface area contributed by atoms with Crippen molar-refractivity contribution < 1.29 is 14.2 Å². The molecule has 0 spiro atoms. The van der Waals surface area contributed by atoms with Gasteiger partial charge in [-0.2, -0.15) is 10.2 Å². The van der Waals surface area contributed by atoms with Gasteiger partial charge >= 0.3 is 0 Å². The van der Waals surface area contributed by atoms with Crippen molar-refractivity contribution in [2.75, 3.05) is 34.4 Å². The molecule has 0 heterocycles. The Morgan fingerprint density at radius 2 is 1.33 bits per heavy atom. The highest BCUT2D eigenvalue weighted by atomic mass is 35.5. The highest BCUT2D eigenvalue weighted by Gasteiger charge is 2.12. The van der Waals surface area contributed by atoms with Crippen LogP contribution in [0.15, 0.2) is 40.5 Å². The zero-order valence-electron chi connectivity index (χ0n) is 21.0. The van der Waals surface area contributed by atoms with Gasteiger partial charge in [0.2, 0.25) is 5.75 Å². The molecule has 11 heteroatoms. The van der Waals surface area contributed by atoms with Gasteiger partial charge in [-0.25, -0.2) is 0 Å². The molecule has 36 heavy (non-hydrogen) atoms. The highest BCUT2D eigenvalue weighted by molar-refractivity contribution is 6.35. The lowest BCUT2D eigenvalue weighted by atomic mass is 10.1. The third kappa shape index (κ3) is 12.1. The van der Waals surface area contributed by atoms with Crippen LogP contribution >= 0.6 is 23.2 Å². The average molecular weight is 544 g/mol. The molecule has 6 N–H and O–H groups in total. The largest absolute Gasteiger partial charge is 0.493 e. The molecular weight excluding hydrogens is 503 g/mol. The number of hydrogen-bond acceptors (Lipinski definition) is 7. The van der Waals surface area contributed by atoms with Crippen molar-refractivity contribution in [3.05, 3.63) is 51.5 Å². The second-order valence-corrected chi connectivity index (χ2v) is 8.22. The van der Waals surface area contributed by atoms with Crippen molar-refractivity contribution in [3.63, 3.8) is 0 Å². The number of nitrogens with two attached hydrogens (primary N) is 2. The number of nitrogens with zero attached hydrogens (tertiary/aromatic N) is 2. The summed E-state index contributed by atoms with van der Waals surface area (Å²) in [5, 5.41) is 9.22. The summed E-state index contributed by atoms with van der Waals surface area (Å²) in [5.41, 5.74) is 18.6. The molecule has 0 fully saturated rings. The molecular formula is C25H40Cl2N6O3. The first kappa shape index (κ1) is 33.0. The minimum Gasteiger partial charge on any atom is -0.493 e. The molecule has 0 amide bonds. The van der Waals surface area contributed by atoms with Crippen molar-refractivity contribution in [3.8, 4) is 17.2 Å². The lowest BCUT2D eigenvalue weighted by Gasteiger charge is -2.14. The van der Waals surface area contributed by atoms with E-state index in [-0.39, 0.29) is 7.43 Å². The van der Waals surface area contributed by atoms with E-state index in [0.29, 0.717) is 45.5 Å². The Kier molecular flexibility index (Phi) is 16.7. The average Bonchev–Trinajstić information content (AvgIpc) is 2.82. The summed E-state index contributed by atoms with van der Waals surface area (Å²) in [6, 6.07) is 9.37. The molecule has 0 saturated carbocycles. The summed E-state index contributed by atoms with van der Waals surface area (Å²) in [6.07, 6.45) is 2.50. The number of halogens is 2. The zero-order chi connectivity index (χ0) is 26.2. The third-order valence-electron chi connectivity index (χ3n) is 4.54. The van der Waals surface area contributed by atoms with E-state index in [9.17, 15) is 0 Å². The van der Waals surface area contributed by atoms with Crippen LogP contribution in [0.25, 0.3) is 0 Å². The van der Waals surface area contributed by atoms with Crippen molar-refractivity contribution >= 4 is 34.9 Å². The summed E-state index contributed by atoms with van der Waals surface area (Å²) in [7, 11) is 4.78. The predicted molar refractivity (Wildman–Crippen MR) is 152 cm³/mol. The second kappa shape index (κ2) is 18.3. The number of benzene rings is 2. The third-order valence-corrected chi connectivity index (χ3v) is 5.25. The van der Waals surface area contributed by atoms with Crippen molar-refractivity contribution in [2.45, 2.75) is 40.5 Å². The maximum Gasteiger partial charge on any atom is 0.203 e. The van der Waals surface area contributed by atoms with Crippen molar-refractivity contribution in [1.29, 1.82) is 0 Å². The van der Waals surface area contributed by atoms with E-state index in [1.54, 1.807) is 35.2 Å². The summed E-state index contributed by atoms with van der Waals surface area (Å²) in [5.74, 6) is 2.92. The first-order chi connectivity index (χ1) is 16.7. The van der Waals surface area contributed by atoms with Gasteiger partial charge in [0.05, 0.1) is 21.3 Å². The SMILES string of the molecule is C.CC(N)=NNCCCc1c(Cl)cccc1Cl.COc1cc(CCNN=C(C)N)cc(OC)c1OC. The van der Waals surface area contributed by atoms with Crippen LogP contribution in [0.2, 0.25) is 10.0 Å². The van der Waals surface area contributed by atoms with E-state index in [1.165, 1.54) is 0 Å². The van der Waals surface area contributed by atoms with Gasteiger partial charge in [-0.15, -0.1) is 0 Å². The van der Waals surface area contributed by atoms with Gasteiger partial charge in [0.15, 0.2) is 11.5 Å². The number of ether oxygens (including phenoxy) is 3. The summed E-state index contributed by atoms with van der Waals surface area (Å²) in [4.78, 5) is 0. The minimum absolute atomic E-state index is 0. The summed E-state index contributed by atoms with van der Waals surface area (Å²) < 4.78 is 15.8. The van der Waals surface area contributed by atoms with Crippen LogP contribution < -0.4 is 36.5 Å². The molecule has 0 bridgehead atoms. The van der Waals surface area contributed by atoms with Gasteiger partial charge in [0.1, 0.15) is 11.7 Å². The fourth-order valence-electron chi connectivity index (χ4n) is 2.96. The Morgan fingerprint density at radius 1 is 0.833 bits per heavy atom. The van der Waals surface area contributed by atoms with E-state index >= 15 is 0 Å². The maximum atomic E-state index is 6.04. The fourth-order valence-corrected chi connectivity index (χ4v) is 3.54. The van der Waals surface area contributed by atoms with Gasteiger partial charge in [0, 0.05) is 23.1 Å². The van der Waals surface area contributed by atoms with Crippen LogP contribution in [-0.4, -0.2) is 46.1 Å². The topological polar surface area (TPSA) is 129 Å². The van der Waals surface area contributed by atoms with E-state index < -0.39 is 0 Å². The van der Waals surface area contributed by atoms with E-state index in [2.05, 4.69) is 21.1 Å². The van der Waals surface area contributed by atoms with Crippen LogP contribution in [-0.2, 0) is 12.8 Å². The molecule has 2 aromatic rings. The molecule has 0 radical (unpaired) electrons. The lowest BCUT2D eigenvalue weighted by molar-refractivity contribution is 0.324.